The summed E-state index contributed by atoms with van der Waals surface area (Å²) in [5, 5.41) is 0. The van der Waals surface area contributed by atoms with Gasteiger partial charge in [0, 0.05) is 18.7 Å². The number of carbonyl (C=O) groups excluding carboxylic acids is 1. The maximum atomic E-state index is 11.6. The summed E-state index contributed by atoms with van der Waals surface area (Å²) in [7, 11) is 0. The molecule has 0 saturated carbocycles. The van der Waals surface area contributed by atoms with Crippen molar-refractivity contribution < 1.29 is 4.79 Å². The van der Waals surface area contributed by atoms with Gasteiger partial charge in [0.15, 0.2) is 0 Å². The molecule has 0 unspecified atom stereocenters. The number of hydrogen-bond acceptors (Lipinski definition) is 1. The molecular formula is C10H19NO. The van der Waals surface area contributed by atoms with Gasteiger partial charge in [0.25, 0.3) is 0 Å². The highest BCUT2D eigenvalue weighted by Crippen LogP contribution is 2.01. The lowest BCUT2D eigenvalue weighted by molar-refractivity contribution is -0.126. The van der Waals surface area contributed by atoms with Gasteiger partial charge < -0.3 is 4.90 Å². The van der Waals surface area contributed by atoms with Crippen LogP contribution < -0.4 is 0 Å². The topological polar surface area (TPSA) is 20.3 Å². The van der Waals surface area contributed by atoms with Crippen molar-refractivity contribution in [3.05, 3.63) is 11.6 Å². The number of amides is 1. The predicted octanol–water partition coefficient (Wildman–Crippen LogP) is 2.21. The quantitative estimate of drug-likeness (QED) is 0.591. The summed E-state index contributed by atoms with van der Waals surface area (Å²) >= 11 is 0. The van der Waals surface area contributed by atoms with Gasteiger partial charge in [-0.05, 0) is 27.2 Å². The van der Waals surface area contributed by atoms with Crippen LogP contribution in [0.1, 0.15) is 34.1 Å². The molecule has 0 aromatic carbocycles. The largest absolute Gasteiger partial charge is 0.339 e. The Labute approximate surface area is 75.3 Å². The van der Waals surface area contributed by atoms with Crippen LogP contribution in [0.5, 0.6) is 0 Å². The van der Waals surface area contributed by atoms with Crippen molar-refractivity contribution >= 4 is 5.91 Å². The summed E-state index contributed by atoms with van der Waals surface area (Å²) in [6.07, 6.45) is 2.89. The molecule has 2 nitrogen and oxygen atoms in total. The van der Waals surface area contributed by atoms with Crippen molar-refractivity contribution in [2.45, 2.75) is 34.1 Å². The van der Waals surface area contributed by atoms with Crippen molar-refractivity contribution in [2.75, 3.05) is 13.1 Å². The molecule has 0 radical (unpaired) electrons. The molecule has 0 aliphatic rings. The second-order valence-electron chi connectivity index (χ2n) is 2.86. The molecule has 0 aromatic rings. The standard InChI is InChI=1S/C10H19NO/c1-5-8-11(7-3)10(12)9(4)6-2/h6H,5,7-8H2,1-4H3. The van der Waals surface area contributed by atoms with Crippen LogP contribution in [0.3, 0.4) is 0 Å². The number of allylic oxidation sites excluding steroid dienone is 1. The second-order valence-corrected chi connectivity index (χ2v) is 2.86. The van der Waals surface area contributed by atoms with Crippen molar-refractivity contribution in [1.82, 2.24) is 4.90 Å². The molecule has 0 aromatic heterocycles. The zero-order chi connectivity index (χ0) is 9.56. The van der Waals surface area contributed by atoms with Gasteiger partial charge in [-0.3, -0.25) is 4.79 Å². The van der Waals surface area contributed by atoms with E-state index in [0.29, 0.717) is 0 Å². The van der Waals surface area contributed by atoms with Gasteiger partial charge in [-0.2, -0.15) is 0 Å². The van der Waals surface area contributed by atoms with E-state index in [4.69, 9.17) is 0 Å². The summed E-state index contributed by atoms with van der Waals surface area (Å²) in [5.74, 6) is 0.168. The van der Waals surface area contributed by atoms with Crippen molar-refractivity contribution in [1.29, 1.82) is 0 Å². The van der Waals surface area contributed by atoms with Gasteiger partial charge in [0.2, 0.25) is 5.91 Å². The molecular weight excluding hydrogens is 150 g/mol. The van der Waals surface area contributed by atoms with Gasteiger partial charge in [-0.15, -0.1) is 0 Å². The van der Waals surface area contributed by atoms with Crippen molar-refractivity contribution in [3.8, 4) is 0 Å². The number of carbonyl (C=O) groups is 1. The summed E-state index contributed by atoms with van der Waals surface area (Å²) in [6, 6.07) is 0. The first-order valence-corrected chi connectivity index (χ1v) is 4.59. The highest BCUT2D eigenvalue weighted by molar-refractivity contribution is 5.92. The Balaban J connectivity index is 4.21. The lowest BCUT2D eigenvalue weighted by atomic mass is 10.2. The van der Waals surface area contributed by atoms with E-state index in [9.17, 15) is 4.79 Å². The molecule has 70 valence electrons. The van der Waals surface area contributed by atoms with Crippen LogP contribution in [0.15, 0.2) is 11.6 Å². The zero-order valence-corrected chi connectivity index (χ0v) is 8.55. The van der Waals surface area contributed by atoms with Gasteiger partial charge in [0.05, 0.1) is 0 Å². The summed E-state index contributed by atoms with van der Waals surface area (Å²) in [6.45, 7) is 9.52. The maximum Gasteiger partial charge on any atom is 0.249 e. The average Bonchev–Trinajstić information content (AvgIpc) is 2.11. The smallest absolute Gasteiger partial charge is 0.249 e. The van der Waals surface area contributed by atoms with Gasteiger partial charge in [0.1, 0.15) is 0 Å². The van der Waals surface area contributed by atoms with E-state index in [1.165, 1.54) is 0 Å². The van der Waals surface area contributed by atoms with Crippen LogP contribution in [0, 0.1) is 0 Å². The lowest BCUT2D eigenvalue weighted by Crippen LogP contribution is -2.31. The molecule has 0 rings (SSSR count). The first kappa shape index (κ1) is 11.2. The highest BCUT2D eigenvalue weighted by atomic mass is 16.2. The fourth-order valence-corrected chi connectivity index (χ4v) is 1.05. The Bertz CT molecular complexity index is 173. The number of nitrogens with zero attached hydrogens (tertiary/aromatic N) is 1. The van der Waals surface area contributed by atoms with Crippen LogP contribution in [0.25, 0.3) is 0 Å². The molecule has 0 aliphatic carbocycles. The average molecular weight is 169 g/mol. The van der Waals surface area contributed by atoms with Crippen LogP contribution in [-0.2, 0) is 4.79 Å². The van der Waals surface area contributed by atoms with E-state index >= 15 is 0 Å². The van der Waals surface area contributed by atoms with E-state index in [1.807, 2.05) is 31.7 Å². The Morgan fingerprint density at radius 3 is 2.33 bits per heavy atom. The normalized spacial score (nSPS) is 11.5. The predicted molar refractivity (Wildman–Crippen MR) is 52.0 cm³/mol. The van der Waals surface area contributed by atoms with Crippen molar-refractivity contribution in [3.63, 3.8) is 0 Å². The summed E-state index contributed by atoms with van der Waals surface area (Å²) in [5.41, 5.74) is 0.838. The molecule has 0 saturated heterocycles. The Hall–Kier alpha value is -0.790. The van der Waals surface area contributed by atoms with Gasteiger partial charge in [-0.1, -0.05) is 13.0 Å². The first-order chi connectivity index (χ1) is 5.67. The third-order valence-corrected chi connectivity index (χ3v) is 1.93. The third-order valence-electron chi connectivity index (χ3n) is 1.93. The Morgan fingerprint density at radius 1 is 1.42 bits per heavy atom. The third kappa shape index (κ3) is 3.07. The molecule has 0 aliphatic heterocycles. The minimum atomic E-state index is 0.168. The highest BCUT2D eigenvalue weighted by Gasteiger charge is 2.10. The number of likely N-dealkylation sites (N-methyl/N-ethyl adjacent to an activating group) is 1. The molecule has 0 bridgehead atoms. The maximum absolute atomic E-state index is 11.6. The van der Waals surface area contributed by atoms with E-state index in [0.717, 1.165) is 25.1 Å². The number of rotatable bonds is 4. The monoisotopic (exact) mass is 169 g/mol. The Morgan fingerprint density at radius 2 is 2.00 bits per heavy atom. The van der Waals surface area contributed by atoms with Gasteiger partial charge in [-0.25, -0.2) is 0 Å². The zero-order valence-electron chi connectivity index (χ0n) is 8.55. The Kier molecular flexibility index (Phi) is 5.43. The molecule has 0 heterocycles. The molecule has 0 spiro atoms. The van der Waals surface area contributed by atoms with Gasteiger partial charge >= 0.3 is 0 Å². The molecule has 0 atom stereocenters. The van der Waals surface area contributed by atoms with Crippen LogP contribution in [-0.4, -0.2) is 23.9 Å². The first-order valence-electron chi connectivity index (χ1n) is 4.59. The molecule has 0 N–H and O–H groups in total. The molecule has 0 fully saturated rings. The van der Waals surface area contributed by atoms with E-state index in [2.05, 4.69) is 6.92 Å². The fourth-order valence-electron chi connectivity index (χ4n) is 1.05. The van der Waals surface area contributed by atoms with Crippen molar-refractivity contribution in [2.24, 2.45) is 0 Å². The van der Waals surface area contributed by atoms with E-state index in [1.54, 1.807) is 0 Å². The summed E-state index contributed by atoms with van der Waals surface area (Å²) < 4.78 is 0. The molecule has 1 amide bonds. The molecule has 2 heteroatoms. The minimum absolute atomic E-state index is 0.168. The van der Waals surface area contributed by atoms with E-state index in [-0.39, 0.29) is 5.91 Å². The summed E-state index contributed by atoms with van der Waals surface area (Å²) in [4.78, 5) is 13.4. The van der Waals surface area contributed by atoms with Crippen LogP contribution in [0.4, 0.5) is 0 Å². The fraction of sp³-hybridized carbons (Fsp3) is 0.700. The van der Waals surface area contributed by atoms with E-state index < -0.39 is 0 Å². The van der Waals surface area contributed by atoms with Crippen LogP contribution in [0.2, 0.25) is 0 Å². The second kappa shape index (κ2) is 5.81. The minimum Gasteiger partial charge on any atom is -0.339 e. The lowest BCUT2D eigenvalue weighted by Gasteiger charge is -2.20. The number of hydrogen-bond donors (Lipinski definition) is 0. The van der Waals surface area contributed by atoms with Crippen LogP contribution >= 0.6 is 0 Å². The molecule has 12 heavy (non-hydrogen) atoms. The SMILES string of the molecule is CC=C(C)C(=O)N(CC)CCC.